The Kier molecular flexibility index (Phi) is 9.90. The molecular weight excluding hydrogens is 436 g/mol. The maximum Gasteiger partial charge on any atom is 0.191 e. The van der Waals surface area contributed by atoms with Crippen LogP contribution in [-0.2, 0) is 6.54 Å². The molecular formula is C17H25FIN5O. The molecule has 1 aromatic heterocycles. The molecule has 0 aliphatic carbocycles. The fourth-order valence-corrected chi connectivity index (χ4v) is 2.14. The number of nitrogens with one attached hydrogen (secondary N) is 2. The summed E-state index contributed by atoms with van der Waals surface area (Å²) in [6, 6.07) is 8.30. The Balaban J connectivity index is 0.00000312. The van der Waals surface area contributed by atoms with Crippen LogP contribution in [0.3, 0.4) is 0 Å². The van der Waals surface area contributed by atoms with Crippen LogP contribution in [0.4, 0.5) is 4.39 Å². The lowest BCUT2D eigenvalue weighted by molar-refractivity contribution is 0.214. The van der Waals surface area contributed by atoms with Gasteiger partial charge in [0.1, 0.15) is 6.10 Å². The van der Waals surface area contributed by atoms with Gasteiger partial charge in [0.25, 0.3) is 0 Å². The molecule has 0 aliphatic rings. The predicted molar refractivity (Wildman–Crippen MR) is 108 cm³/mol. The van der Waals surface area contributed by atoms with Gasteiger partial charge >= 0.3 is 0 Å². The first-order valence-electron chi connectivity index (χ1n) is 8.02. The van der Waals surface area contributed by atoms with E-state index in [9.17, 15) is 4.39 Å². The van der Waals surface area contributed by atoms with E-state index in [1.54, 1.807) is 31.4 Å². The number of hydrogen-bond acceptors (Lipinski definition) is 3. The molecule has 1 unspecified atom stereocenters. The highest BCUT2D eigenvalue weighted by atomic mass is 127. The van der Waals surface area contributed by atoms with Crippen LogP contribution in [-0.4, -0.2) is 42.0 Å². The molecule has 0 bridgehead atoms. The minimum Gasteiger partial charge on any atom is -0.486 e. The number of rotatable bonds is 8. The molecule has 0 amide bonds. The van der Waals surface area contributed by atoms with Gasteiger partial charge in [-0.3, -0.25) is 9.67 Å². The maximum atomic E-state index is 13.5. The zero-order valence-electron chi connectivity index (χ0n) is 14.5. The molecule has 1 atom stereocenters. The van der Waals surface area contributed by atoms with E-state index in [1.807, 2.05) is 23.9 Å². The number of halogens is 2. The van der Waals surface area contributed by atoms with Gasteiger partial charge in [-0.15, -0.1) is 24.0 Å². The summed E-state index contributed by atoms with van der Waals surface area (Å²) in [6.07, 6.45) is 4.45. The molecule has 0 saturated heterocycles. The van der Waals surface area contributed by atoms with Crippen LogP contribution >= 0.6 is 24.0 Å². The van der Waals surface area contributed by atoms with E-state index in [2.05, 4.69) is 20.7 Å². The fourth-order valence-electron chi connectivity index (χ4n) is 2.14. The first-order chi connectivity index (χ1) is 11.7. The van der Waals surface area contributed by atoms with Crippen molar-refractivity contribution >= 4 is 29.9 Å². The van der Waals surface area contributed by atoms with Gasteiger partial charge in [0.15, 0.2) is 17.5 Å². The molecule has 8 heteroatoms. The van der Waals surface area contributed by atoms with Crippen molar-refractivity contribution in [1.29, 1.82) is 0 Å². The van der Waals surface area contributed by atoms with Crippen molar-refractivity contribution in [3.63, 3.8) is 0 Å². The number of guanidine groups is 1. The van der Waals surface area contributed by atoms with Crippen molar-refractivity contribution in [1.82, 2.24) is 20.4 Å². The van der Waals surface area contributed by atoms with E-state index >= 15 is 0 Å². The number of benzene rings is 1. The third-order valence-corrected chi connectivity index (χ3v) is 3.36. The van der Waals surface area contributed by atoms with Crippen LogP contribution in [0.5, 0.6) is 5.75 Å². The van der Waals surface area contributed by atoms with E-state index in [0.29, 0.717) is 12.5 Å². The fraction of sp³-hybridized carbons (Fsp3) is 0.412. The normalized spacial score (nSPS) is 12.2. The first kappa shape index (κ1) is 21.2. The highest BCUT2D eigenvalue weighted by molar-refractivity contribution is 14.0. The third kappa shape index (κ3) is 7.72. The third-order valence-electron chi connectivity index (χ3n) is 3.36. The van der Waals surface area contributed by atoms with Crippen LogP contribution < -0.4 is 15.4 Å². The summed E-state index contributed by atoms with van der Waals surface area (Å²) >= 11 is 0. The summed E-state index contributed by atoms with van der Waals surface area (Å²) < 4.78 is 21.0. The molecule has 0 aliphatic heterocycles. The molecule has 6 nitrogen and oxygen atoms in total. The molecule has 1 aromatic carbocycles. The Morgan fingerprint density at radius 3 is 2.80 bits per heavy atom. The topological polar surface area (TPSA) is 63.5 Å². The lowest BCUT2D eigenvalue weighted by Crippen LogP contribution is -2.42. The summed E-state index contributed by atoms with van der Waals surface area (Å²) in [7, 11) is 1.71. The highest BCUT2D eigenvalue weighted by Crippen LogP contribution is 2.16. The summed E-state index contributed by atoms with van der Waals surface area (Å²) in [4.78, 5) is 4.16. The predicted octanol–water partition coefficient (Wildman–Crippen LogP) is 2.66. The van der Waals surface area contributed by atoms with E-state index in [-0.39, 0.29) is 41.6 Å². The van der Waals surface area contributed by atoms with Gasteiger partial charge in [0, 0.05) is 32.5 Å². The molecule has 0 saturated carbocycles. The standard InChI is InChI=1S/C17H24FN5O.HI/c1-14(24-16-8-4-3-7-15(16)18)13-21-17(19-2)20-9-5-11-23-12-6-10-22-23;/h3-4,6-8,10,12,14H,5,9,11,13H2,1-2H3,(H2,19,20,21);1H. The number of ether oxygens (including phenoxy) is 1. The van der Waals surface area contributed by atoms with Crippen LogP contribution in [0.2, 0.25) is 0 Å². The second-order valence-corrected chi connectivity index (χ2v) is 5.36. The Morgan fingerprint density at radius 1 is 1.32 bits per heavy atom. The van der Waals surface area contributed by atoms with E-state index in [4.69, 9.17) is 4.74 Å². The second-order valence-electron chi connectivity index (χ2n) is 5.36. The van der Waals surface area contributed by atoms with E-state index in [1.165, 1.54) is 6.07 Å². The highest BCUT2D eigenvalue weighted by Gasteiger charge is 2.08. The van der Waals surface area contributed by atoms with Crippen molar-refractivity contribution in [2.75, 3.05) is 20.1 Å². The average Bonchev–Trinajstić information content (AvgIpc) is 3.10. The summed E-state index contributed by atoms with van der Waals surface area (Å²) in [5, 5.41) is 10.6. The molecule has 1 heterocycles. The molecule has 2 rings (SSSR count). The van der Waals surface area contributed by atoms with Gasteiger partial charge in [-0.25, -0.2) is 4.39 Å². The first-order valence-corrected chi connectivity index (χ1v) is 8.02. The van der Waals surface area contributed by atoms with Crippen molar-refractivity contribution in [2.45, 2.75) is 26.0 Å². The van der Waals surface area contributed by atoms with Crippen molar-refractivity contribution < 1.29 is 9.13 Å². The monoisotopic (exact) mass is 461 g/mol. The van der Waals surface area contributed by atoms with Crippen molar-refractivity contribution in [2.24, 2.45) is 4.99 Å². The minimum atomic E-state index is -0.356. The lowest BCUT2D eigenvalue weighted by Gasteiger charge is -2.18. The molecule has 0 radical (unpaired) electrons. The second kappa shape index (κ2) is 11.7. The summed E-state index contributed by atoms with van der Waals surface area (Å²) in [5.41, 5.74) is 0. The molecule has 138 valence electrons. The Labute approximate surface area is 164 Å². The number of nitrogens with zero attached hydrogens (tertiary/aromatic N) is 3. The van der Waals surface area contributed by atoms with Gasteiger partial charge in [-0.2, -0.15) is 5.10 Å². The lowest BCUT2D eigenvalue weighted by atomic mass is 10.3. The van der Waals surface area contributed by atoms with Crippen molar-refractivity contribution in [3.8, 4) is 5.75 Å². The minimum absolute atomic E-state index is 0. The molecule has 0 spiro atoms. The number of hydrogen-bond donors (Lipinski definition) is 2. The van der Waals surface area contributed by atoms with Crippen LogP contribution in [0.25, 0.3) is 0 Å². The summed E-state index contributed by atoms with van der Waals surface area (Å²) in [5.74, 6) is 0.596. The summed E-state index contributed by atoms with van der Waals surface area (Å²) in [6.45, 7) is 4.03. The van der Waals surface area contributed by atoms with Gasteiger partial charge in [-0.05, 0) is 31.5 Å². The zero-order valence-corrected chi connectivity index (χ0v) is 16.8. The van der Waals surface area contributed by atoms with E-state index in [0.717, 1.165) is 19.5 Å². The zero-order chi connectivity index (χ0) is 17.2. The smallest absolute Gasteiger partial charge is 0.191 e. The number of para-hydroxylation sites is 1. The average molecular weight is 461 g/mol. The molecule has 25 heavy (non-hydrogen) atoms. The molecule has 2 N–H and O–H groups in total. The van der Waals surface area contributed by atoms with Gasteiger partial charge in [0.2, 0.25) is 0 Å². The SMILES string of the molecule is CN=C(NCCCn1cccn1)NCC(C)Oc1ccccc1F.I. The van der Waals surface area contributed by atoms with Crippen molar-refractivity contribution in [3.05, 3.63) is 48.5 Å². The van der Waals surface area contributed by atoms with Gasteiger partial charge in [-0.1, -0.05) is 12.1 Å². The van der Waals surface area contributed by atoms with Crippen LogP contribution in [0.15, 0.2) is 47.7 Å². The number of aliphatic imine (C=N–C) groups is 1. The van der Waals surface area contributed by atoms with Crippen LogP contribution in [0.1, 0.15) is 13.3 Å². The Bertz CT molecular complexity index is 636. The van der Waals surface area contributed by atoms with Crippen LogP contribution in [0, 0.1) is 5.82 Å². The number of aryl methyl sites for hydroxylation is 1. The molecule has 0 fully saturated rings. The Hall–Kier alpha value is -1.84. The maximum absolute atomic E-state index is 13.5. The van der Waals surface area contributed by atoms with Gasteiger partial charge < -0.3 is 15.4 Å². The quantitative estimate of drug-likeness (QED) is 0.275. The largest absolute Gasteiger partial charge is 0.486 e. The van der Waals surface area contributed by atoms with E-state index < -0.39 is 0 Å². The number of aromatic nitrogens is 2. The Morgan fingerprint density at radius 2 is 2.12 bits per heavy atom. The molecule has 2 aromatic rings. The van der Waals surface area contributed by atoms with Gasteiger partial charge in [0.05, 0.1) is 6.54 Å².